The zero-order valence-corrected chi connectivity index (χ0v) is 16.0. The van der Waals surface area contributed by atoms with Crippen LogP contribution < -0.4 is 4.90 Å². The van der Waals surface area contributed by atoms with E-state index < -0.39 is 22.5 Å². The lowest BCUT2D eigenvalue weighted by atomic mass is 9.99. The van der Waals surface area contributed by atoms with Gasteiger partial charge < -0.3 is 0 Å². The zero-order valence-electron chi connectivity index (χ0n) is 16.0. The third-order valence-electron chi connectivity index (χ3n) is 5.07. The molecule has 7 nitrogen and oxygen atoms in total. The molecule has 148 valence electrons. The number of hydrogen-bond donors (Lipinski definition) is 0. The van der Waals surface area contributed by atoms with Gasteiger partial charge in [-0.05, 0) is 36.2 Å². The molecule has 0 unspecified atom stereocenters. The van der Waals surface area contributed by atoms with Crippen LogP contribution in [0.5, 0.6) is 0 Å². The molecule has 0 saturated heterocycles. The quantitative estimate of drug-likeness (QED) is 0.277. The van der Waals surface area contributed by atoms with Gasteiger partial charge in [-0.25, -0.2) is 4.90 Å². The number of non-ortho nitro benzene ring substituents is 1. The van der Waals surface area contributed by atoms with Crippen molar-refractivity contribution in [3.63, 3.8) is 0 Å². The summed E-state index contributed by atoms with van der Waals surface area (Å²) in [6.07, 6.45) is 0.839. The Hall–Kier alpha value is -4.13. The Morgan fingerprint density at radius 1 is 0.900 bits per heavy atom. The Balaban J connectivity index is 1.68. The fourth-order valence-electron chi connectivity index (χ4n) is 3.42. The van der Waals surface area contributed by atoms with Crippen LogP contribution in [-0.4, -0.2) is 22.5 Å². The number of carbonyl (C=O) groups is 3. The zero-order chi connectivity index (χ0) is 21.4. The predicted octanol–water partition coefficient (Wildman–Crippen LogP) is 4.19. The fourth-order valence-corrected chi connectivity index (χ4v) is 3.42. The molecule has 0 atom stereocenters. The molecule has 3 aromatic rings. The molecule has 0 aromatic heterocycles. The molecule has 1 aliphatic heterocycles. The van der Waals surface area contributed by atoms with Crippen molar-refractivity contribution in [1.29, 1.82) is 0 Å². The summed E-state index contributed by atoms with van der Waals surface area (Å²) in [4.78, 5) is 50.0. The van der Waals surface area contributed by atoms with Crippen molar-refractivity contribution < 1.29 is 19.3 Å². The molecule has 2 amide bonds. The van der Waals surface area contributed by atoms with Crippen LogP contribution in [0.1, 0.15) is 49.1 Å². The Bertz CT molecular complexity index is 1210. The van der Waals surface area contributed by atoms with Crippen LogP contribution in [0.4, 0.5) is 11.4 Å². The molecule has 3 aromatic carbocycles. The maximum Gasteiger partial charge on any atom is 0.270 e. The van der Waals surface area contributed by atoms with Crippen molar-refractivity contribution in [3.8, 4) is 0 Å². The Labute approximate surface area is 171 Å². The SMILES string of the molecule is CCc1ccc(N2C(=O)c3ccc(C(=O)c4cccc([N+](=O)[O-])c4)cc3C2=O)cc1. The lowest BCUT2D eigenvalue weighted by Crippen LogP contribution is -2.29. The first-order valence-corrected chi connectivity index (χ1v) is 9.31. The van der Waals surface area contributed by atoms with Gasteiger partial charge in [0.25, 0.3) is 17.5 Å². The summed E-state index contributed by atoms with van der Waals surface area (Å²) in [6.45, 7) is 2.01. The number of nitro groups is 1. The highest BCUT2D eigenvalue weighted by Gasteiger charge is 2.37. The van der Waals surface area contributed by atoms with Crippen LogP contribution in [0.25, 0.3) is 0 Å². The molecule has 0 N–H and O–H groups in total. The van der Waals surface area contributed by atoms with Crippen LogP contribution in [0.2, 0.25) is 0 Å². The molecule has 30 heavy (non-hydrogen) atoms. The molecule has 0 spiro atoms. The molecule has 4 rings (SSSR count). The summed E-state index contributed by atoms with van der Waals surface area (Å²) in [5.41, 5.74) is 2.01. The second kappa shape index (κ2) is 7.36. The van der Waals surface area contributed by atoms with E-state index in [1.165, 1.54) is 42.5 Å². The van der Waals surface area contributed by atoms with Gasteiger partial charge in [0.1, 0.15) is 0 Å². The van der Waals surface area contributed by atoms with Crippen LogP contribution in [0.15, 0.2) is 66.7 Å². The number of imide groups is 1. The van der Waals surface area contributed by atoms with Crippen LogP contribution in [0.3, 0.4) is 0 Å². The van der Waals surface area contributed by atoms with Crippen LogP contribution >= 0.6 is 0 Å². The molecule has 7 heteroatoms. The third-order valence-corrected chi connectivity index (χ3v) is 5.07. The van der Waals surface area contributed by atoms with E-state index in [4.69, 9.17) is 0 Å². The number of nitrogens with zero attached hydrogens (tertiary/aromatic N) is 2. The van der Waals surface area contributed by atoms with Crippen molar-refractivity contribution in [2.24, 2.45) is 0 Å². The van der Waals surface area contributed by atoms with E-state index in [-0.39, 0.29) is 27.9 Å². The van der Waals surface area contributed by atoms with E-state index in [0.29, 0.717) is 5.69 Å². The molecule has 0 saturated carbocycles. The van der Waals surface area contributed by atoms with Gasteiger partial charge >= 0.3 is 0 Å². The van der Waals surface area contributed by atoms with Crippen molar-refractivity contribution in [2.45, 2.75) is 13.3 Å². The maximum atomic E-state index is 12.9. The third kappa shape index (κ3) is 3.16. The Kier molecular flexibility index (Phi) is 4.71. The second-order valence-electron chi connectivity index (χ2n) is 6.86. The molecule has 0 fully saturated rings. The van der Waals surface area contributed by atoms with E-state index in [1.54, 1.807) is 12.1 Å². The van der Waals surface area contributed by atoms with Crippen molar-refractivity contribution >= 4 is 29.0 Å². The number of anilines is 1. The number of fused-ring (bicyclic) bond motifs is 1. The number of benzene rings is 3. The second-order valence-corrected chi connectivity index (χ2v) is 6.86. The van der Waals surface area contributed by atoms with E-state index in [0.717, 1.165) is 16.9 Å². The van der Waals surface area contributed by atoms with E-state index in [9.17, 15) is 24.5 Å². The summed E-state index contributed by atoms with van der Waals surface area (Å²) in [6, 6.07) is 16.8. The summed E-state index contributed by atoms with van der Waals surface area (Å²) in [7, 11) is 0. The Morgan fingerprint density at radius 2 is 1.57 bits per heavy atom. The van der Waals surface area contributed by atoms with Gasteiger partial charge in [0, 0.05) is 23.3 Å². The smallest absolute Gasteiger partial charge is 0.270 e. The minimum Gasteiger partial charge on any atom is -0.289 e. The molecule has 0 radical (unpaired) electrons. The van der Waals surface area contributed by atoms with E-state index in [2.05, 4.69) is 0 Å². The van der Waals surface area contributed by atoms with Gasteiger partial charge in [-0.1, -0.05) is 37.3 Å². The van der Waals surface area contributed by atoms with Crippen molar-refractivity contribution in [1.82, 2.24) is 0 Å². The number of ketones is 1. The molecule has 1 heterocycles. The number of carbonyl (C=O) groups excluding carboxylic acids is 3. The van der Waals surface area contributed by atoms with Crippen LogP contribution in [0, 0.1) is 10.1 Å². The van der Waals surface area contributed by atoms with E-state index >= 15 is 0 Å². The topological polar surface area (TPSA) is 97.6 Å². The van der Waals surface area contributed by atoms with Crippen molar-refractivity contribution in [3.05, 3.63) is 105 Å². The summed E-state index contributed by atoms with van der Waals surface area (Å²) < 4.78 is 0. The normalized spacial score (nSPS) is 12.8. The molecular weight excluding hydrogens is 384 g/mol. The summed E-state index contributed by atoms with van der Waals surface area (Å²) >= 11 is 0. The monoisotopic (exact) mass is 400 g/mol. The van der Waals surface area contributed by atoms with Gasteiger partial charge in [0.15, 0.2) is 5.78 Å². The molecule has 0 aliphatic carbocycles. The van der Waals surface area contributed by atoms with Gasteiger partial charge in [-0.2, -0.15) is 0 Å². The first kappa shape index (κ1) is 19.2. The fraction of sp³-hybridized carbons (Fsp3) is 0.0870. The minimum absolute atomic E-state index is 0.132. The standard InChI is InChI=1S/C23H16N2O5/c1-2-14-6-9-17(10-7-14)24-22(27)19-11-8-16(13-20(19)23(24)28)21(26)15-4-3-5-18(12-15)25(29)30/h3-13H,2H2,1H3. The predicted molar refractivity (Wildman–Crippen MR) is 110 cm³/mol. The molecule has 1 aliphatic rings. The number of amides is 2. The summed E-state index contributed by atoms with van der Waals surface area (Å²) in [5, 5.41) is 11.0. The van der Waals surface area contributed by atoms with Crippen LogP contribution in [-0.2, 0) is 6.42 Å². The minimum atomic E-state index is -0.580. The number of hydrogen-bond acceptors (Lipinski definition) is 5. The highest BCUT2D eigenvalue weighted by atomic mass is 16.6. The summed E-state index contributed by atoms with van der Waals surface area (Å²) in [5.74, 6) is -1.42. The lowest BCUT2D eigenvalue weighted by molar-refractivity contribution is -0.384. The highest BCUT2D eigenvalue weighted by molar-refractivity contribution is 6.34. The van der Waals surface area contributed by atoms with Gasteiger partial charge in [-0.15, -0.1) is 0 Å². The average Bonchev–Trinajstić information content (AvgIpc) is 3.03. The number of aryl methyl sites for hydroxylation is 1. The molecular formula is C23H16N2O5. The first-order chi connectivity index (χ1) is 14.4. The maximum absolute atomic E-state index is 12.9. The van der Waals surface area contributed by atoms with E-state index in [1.807, 2.05) is 19.1 Å². The molecule has 0 bridgehead atoms. The van der Waals surface area contributed by atoms with Gasteiger partial charge in [0.05, 0.1) is 21.7 Å². The highest BCUT2D eigenvalue weighted by Crippen LogP contribution is 2.30. The Morgan fingerprint density at radius 3 is 2.23 bits per heavy atom. The number of nitro benzene ring substituents is 1. The number of rotatable bonds is 5. The van der Waals surface area contributed by atoms with Gasteiger partial charge in [-0.3, -0.25) is 24.5 Å². The lowest BCUT2D eigenvalue weighted by Gasteiger charge is -2.14. The largest absolute Gasteiger partial charge is 0.289 e. The first-order valence-electron chi connectivity index (χ1n) is 9.31. The average molecular weight is 400 g/mol. The van der Waals surface area contributed by atoms with Crippen molar-refractivity contribution in [2.75, 3.05) is 4.90 Å². The van der Waals surface area contributed by atoms with Gasteiger partial charge in [0.2, 0.25) is 0 Å².